The van der Waals surface area contributed by atoms with E-state index in [1.54, 1.807) is 30.1 Å². The first kappa shape index (κ1) is 19.5. The maximum absolute atomic E-state index is 13.1. The number of morpholine rings is 1. The molecule has 1 fully saturated rings. The molecule has 1 aliphatic heterocycles. The van der Waals surface area contributed by atoms with Crippen molar-refractivity contribution in [2.45, 2.75) is 13.0 Å². The third-order valence-electron chi connectivity index (χ3n) is 4.81. The van der Waals surface area contributed by atoms with Gasteiger partial charge in [-0.05, 0) is 42.8 Å². The Bertz CT molecular complexity index is 794. The van der Waals surface area contributed by atoms with Crippen molar-refractivity contribution >= 4 is 29.0 Å². The number of carbonyl (C=O) groups excluding carboxylic acids is 1. The average molecular weight is 392 g/mol. The highest BCUT2D eigenvalue weighted by Crippen LogP contribution is 2.30. The Balaban J connectivity index is 1.76. The summed E-state index contributed by atoms with van der Waals surface area (Å²) in [6.07, 6.45) is 0. The van der Waals surface area contributed by atoms with Gasteiger partial charge in [0, 0.05) is 25.2 Å². The number of carbonyl (C=O) groups is 1. The summed E-state index contributed by atoms with van der Waals surface area (Å²) in [5, 5.41) is 3.51. The first-order valence-corrected chi connectivity index (χ1v) is 9.25. The van der Waals surface area contributed by atoms with Gasteiger partial charge in [0.2, 0.25) is 0 Å². The van der Waals surface area contributed by atoms with Crippen molar-refractivity contribution in [2.75, 3.05) is 43.6 Å². The second kappa shape index (κ2) is 8.59. The fourth-order valence-electron chi connectivity index (χ4n) is 3.03. The summed E-state index contributed by atoms with van der Waals surface area (Å²) in [5.74, 6) is -0.299. The van der Waals surface area contributed by atoms with Gasteiger partial charge in [-0.25, -0.2) is 9.18 Å². The summed E-state index contributed by atoms with van der Waals surface area (Å²) in [5.41, 5.74) is 2.43. The number of benzene rings is 2. The minimum atomic E-state index is -0.299. The number of anilines is 2. The molecule has 0 aromatic heterocycles. The Labute approximate surface area is 163 Å². The minimum absolute atomic E-state index is 0.211. The van der Waals surface area contributed by atoms with Gasteiger partial charge >= 0.3 is 6.03 Å². The lowest BCUT2D eigenvalue weighted by molar-refractivity contribution is 0.123. The minimum Gasteiger partial charge on any atom is -0.378 e. The molecule has 1 N–H and O–H groups in total. The second-order valence-electron chi connectivity index (χ2n) is 6.53. The Morgan fingerprint density at radius 2 is 1.89 bits per heavy atom. The van der Waals surface area contributed by atoms with Gasteiger partial charge in [-0.15, -0.1) is 0 Å². The van der Waals surface area contributed by atoms with Crippen molar-refractivity contribution in [1.29, 1.82) is 0 Å². The highest BCUT2D eigenvalue weighted by atomic mass is 35.5. The largest absolute Gasteiger partial charge is 0.378 e. The maximum atomic E-state index is 13.1. The topological polar surface area (TPSA) is 44.8 Å². The molecule has 144 valence electrons. The number of rotatable bonds is 4. The van der Waals surface area contributed by atoms with Gasteiger partial charge in [-0.1, -0.05) is 23.7 Å². The molecule has 0 spiro atoms. The van der Waals surface area contributed by atoms with Crippen LogP contribution >= 0.6 is 11.6 Å². The van der Waals surface area contributed by atoms with Crippen LogP contribution in [-0.2, 0) is 4.74 Å². The van der Waals surface area contributed by atoms with Crippen molar-refractivity contribution in [3.05, 3.63) is 58.9 Å². The van der Waals surface area contributed by atoms with Gasteiger partial charge < -0.3 is 19.9 Å². The summed E-state index contributed by atoms with van der Waals surface area (Å²) < 4.78 is 18.5. The van der Waals surface area contributed by atoms with Crippen molar-refractivity contribution in [3.63, 3.8) is 0 Å². The Morgan fingerprint density at radius 3 is 2.56 bits per heavy atom. The maximum Gasteiger partial charge on any atom is 0.322 e. The van der Waals surface area contributed by atoms with Crippen LogP contribution in [-0.4, -0.2) is 44.3 Å². The van der Waals surface area contributed by atoms with Crippen LogP contribution in [0.25, 0.3) is 0 Å². The van der Waals surface area contributed by atoms with Crippen molar-refractivity contribution < 1.29 is 13.9 Å². The molecular weight excluding hydrogens is 369 g/mol. The van der Waals surface area contributed by atoms with Crippen LogP contribution in [0, 0.1) is 5.82 Å². The van der Waals surface area contributed by atoms with Gasteiger partial charge in [0.25, 0.3) is 0 Å². The summed E-state index contributed by atoms with van der Waals surface area (Å²) in [7, 11) is 1.71. The Hall–Kier alpha value is -2.31. The lowest BCUT2D eigenvalue weighted by atomic mass is 10.1. The van der Waals surface area contributed by atoms with E-state index in [-0.39, 0.29) is 17.9 Å². The molecule has 0 unspecified atom stereocenters. The average Bonchev–Trinajstić information content (AvgIpc) is 2.68. The fraction of sp³-hybridized carbons (Fsp3) is 0.350. The molecule has 3 rings (SSSR count). The molecule has 1 heterocycles. The smallest absolute Gasteiger partial charge is 0.322 e. The van der Waals surface area contributed by atoms with Crippen molar-refractivity contribution in [3.8, 4) is 0 Å². The molecule has 7 heteroatoms. The van der Waals surface area contributed by atoms with Gasteiger partial charge in [0.1, 0.15) is 5.82 Å². The monoisotopic (exact) mass is 391 g/mol. The lowest BCUT2D eigenvalue weighted by Crippen LogP contribution is -2.38. The molecule has 27 heavy (non-hydrogen) atoms. The van der Waals surface area contributed by atoms with E-state index >= 15 is 0 Å². The van der Waals surface area contributed by atoms with E-state index in [1.165, 1.54) is 12.1 Å². The molecule has 0 aliphatic carbocycles. The SMILES string of the molecule is C[C@@H](c1ccc(F)cc1)N(C)C(=O)Nc1cc(Cl)ccc1N1CCOCC1. The Morgan fingerprint density at radius 1 is 1.22 bits per heavy atom. The standard InChI is InChI=1S/C20H23ClFN3O2/c1-14(15-3-6-17(22)7-4-15)24(2)20(26)23-18-13-16(21)5-8-19(18)25-9-11-27-12-10-25/h3-8,13-14H,9-12H2,1-2H3,(H,23,26)/t14-/m0/s1. The van der Waals surface area contributed by atoms with E-state index in [1.807, 2.05) is 19.1 Å². The first-order chi connectivity index (χ1) is 13.0. The summed E-state index contributed by atoms with van der Waals surface area (Å²) >= 11 is 6.15. The number of nitrogens with zero attached hydrogens (tertiary/aromatic N) is 2. The number of nitrogens with one attached hydrogen (secondary N) is 1. The number of hydrogen-bond acceptors (Lipinski definition) is 3. The van der Waals surface area contributed by atoms with Gasteiger partial charge in [-0.2, -0.15) is 0 Å². The van der Waals surface area contributed by atoms with Crippen LogP contribution < -0.4 is 10.2 Å². The number of halogens is 2. The second-order valence-corrected chi connectivity index (χ2v) is 6.97. The zero-order valence-electron chi connectivity index (χ0n) is 15.4. The molecule has 0 radical (unpaired) electrons. The number of urea groups is 1. The number of amides is 2. The summed E-state index contributed by atoms with van der Waals surface area (Å²) in [4.78, 5) is 16.5. The third kappa shape index (κ3) is 4.70. The summed E-state index contributed by atoms with van der Waals surface area (Å²) in [6, 6.07) is 11.2. The van der Waals surface area contributed by atoms with Gasteiger partial charge in [0.15, 0.2) is 0 Å². The molecule has 0 saturated carbocycles. The van der Waals surface area contributed by atoms with Crippen molar-refractivity contribution in [2.24, 2.45) is 0 Å². The Kier molecular flexibility index (Phi) is 6.19. The van der Waals surface area contributed by atoms with Gasteiger partial charge in [0.05, 0.1) is 30.6 Å². The predicted octanol–water partition coefficient (Wildman–Crippen LogP) is 4.54. The first-order valence-electron chi connectivity index (χ1n) is 8.87. The van der Waals surface area contributed by atoms with Crippen LogP contribution in [0.2, 0.25) is 5.02 Å². The zero-order valence-corrected chi connectivity index (χ0v) is 16.2. The summed E-state index contributed by atoms with van der Waals surface area (Å²) in [6.45, 7) is 4.71. The van der Waals surface area contributed by atoms with E-state index in [9.17, 15) is 9.18 Å². The fourth-order valence-corrected chi connectivity index (χ4v) is 3.20. The molecule has 2 aromatic rings. The predicted molar refractivity (Wildman–Crippen MR) is 106 cm³/mol. The van der Waals surface area contributed by atoms with E-state index in [0.717, 1.165) is 24.3 Å². The third-order valence-corrected chi connectivity index (χ3v) is 5.04. The zero-order chi connectivity index (χ0) is 19.4. The van der Waals surface area contributed by atoms with Crippen LogP contribution in [0.15, 0.2) is 42.5 Å². The quantitative estimate of drug-likeness (QED) is 0.832. The number of ether oxygens (including phenoxy) is 1. The molecule has 5 nitrogen and oxygen atoms in total. The molecule has 0 bridgehead atoms. The van der Waals surface area contributed by atoms with Crippen LogP contribution in [0.3, 0.4) is 0 Å². The molecule has 1 saturated heterocycles. The van der Waals surface area contributed by atoms with E-state index < -0.39 is 0 Å². The lowest BCUT2D eigenvalue weighted by Gasteiger charge is -2.31. The number of hydrogen-bond donors (Lipinski definition) is 1. The van der Waals surface area contributed by atoms with Crippen LogP contribution in [0.5, 0.6) is 0 Å². The normalized spacial score (nSPS) is 15.3. The molecule has 2 amide bonds. The highest BCUT2D eigenvalue weighted by molar-refractivity contribution is 6.31. The molecular formula is C20H23ClFN3O2. The van der Waals surface area contributed by atoms with E-state index in [2.05, 4.69) is 10.2 Å². The van der Waals surface area contributed by atoms with Gasteiger partial charge in [-0.3, -0.25) is 0 Å². The van der Waals surface area contributed by atoms with Crippen LogP contribution in [0.1, 0.15) is 18.5 Å². The highest BCUT2D eigenvalue weighted by Gasteiger charge is 2.21. The van der Waals surface area contributed by atoms with Crippen LogP contribution in [0.4, 0.5) is 20.6 Å². The molecule has 2 aromatic carbocycles. The molecule has 1 aliphatic rings. The van der Waals surface area contributed by atoms with E-state index in [4.69, 9.17) is 16.3 Å². The molecule has 1 atom stereocenters. The van der Waals surface area contributed by atoms with Crippen molar-refractivity contribution in [1.82, 2.24) is 4.90 Å². The van der Waals surface area contributed by atoms with E-state index in [0.29, 0.717) is 23.9 Å².